The van der Waals surface area contributed by atoms with Gasteiger partial charge in [-0.25, -0.2) is 27.5 Å². The lowest BCUT2D eigenvalue weighted by atomic mass is 10.1. The molecule has 0 aliphatic carbocycles. The number of nitrogens with zero attached hydrogens (tertiary/aromatic N) is 4. The summed E-state index contributed by atoms with van der Waals surface area (Å²) in [6.45, 7) is -0.636. The summed E-state index contributed by atoms with van der Waals surface area (Å²) in [5.41, 5.74) is -1.49. The number of carbonyl (C=O) groups is 1. The van der Waals surface area contributed by atoms with E-state index in [9.17, 15) is 27.6 Å². The Morgan fingerprint density at radius 1 is 0.971 bits per heavy atom. The Kier molecular flexibility index (Phi) is 5.44. The molecule has 0 spiro atoms. The van der Waals surface area contributed by atoms with Crippen molar-refractivity contribution in [3.8, 4) is 5.69 Å². The predicted octanol–water partition coefficient (Wildman–Crippen LogP) is 3.29. The maximum atomic E-state index is 13.6. The topological polar surface area (TPSA) is 92.0 Å². The van der Waals surface area contributed by atoms with Crippen LogP contribution in [0.15, 0.2) is 81.2 Å². The van der Waals surface area contributed by atoms with E-state index in [1.54, 1.807) is 12.1 Å². The van der Waals surface area contributed by atoms with E-state index in [0.717, 1.165) is 39.5 Å². The van der Waals surface area contributed by atoms with Crippen LogP contribution in [-0.2, 0) is 13.1 Å². The second kappa shape index (κ2) is 8.60. The maximum Gasteiger partial charge on any atom is 0.337 e. The average molecular weight is 480 g/mol. The molecule has 2 aromatic carbocycles. The molecular weight excluding hydrogens is 465 g/mol. The number of benzene rings is 2. The quantitative estimate of drug-likeness (QED) is 0.348. The van der Waals surface area contributed by atoms with Crippen LogP contribution in [-0.4, -0.2) is 24.5 Å². The second-order valence-electron chi connectivity index (χ2n) is 7.66. The van der Waals surface area contributed by atoms with Crippen LogP contribution in [0.1, 0.15) is 16.1 Å². The van der Waals surface area contributed by atoms with Crippen molar-refractivity contribution < 1.29 is 22.4 Å². The molecule has 3 heterocycles. The van der Waals surface area contributed by atoms with Crippen LogP contribution < -0.4 is 11.2 Å². The smallest absolute Gasteiger partial charge is 0.337 e. The van der Waals surface area contributed by atoms with Gasteiger partial charge in [-0.15, -0.1) is 0 Å². The van der Waals surface area contributed by atoms with Gasteiger partial charge in [0.15, 0.2) is 28.6 Å². The summed E-state index contributed by atoms with van der Waals surface area (Å²) < 4.78 is 48.9. The summed E-state index contributed by atoms with van der Waals surface area (Å²) in [5, 5.41) is 0. The van der Waals surface area contributed by atoms with Crippen LogP contribution in [0.5, 0.6) is 0 Å². The Morgan fingerprint density at radius 3 is 2.43 bits per heavy atom. The van der Waals surface area contributed by atoms with Crippen LogP contribution in [0.25, 0.3) is 16.9 Å². The zero-order valence-corrected chi connectivity index (χ0v) is 17.8. The first-order valence-electron chi connectivity index (χ1n) is 10.3. The highest BCUT2D eigenvalue weighted by Gasteiger charge is 2.21. The molecule has 0 bridgehead atoms. The fraction of sp³-hybridized carbons (Fsp3) is 0.0833. The molecule has 0 unspecified atom stereocenters. The van der Waals surface area contributed by atoms with Crippen LogP contribution >= 0.6 is 0 Å². The van der Waals surface area contributed by atoms with Crippen LogP contribution in [0.4, 0.5) is 13.2 Å². The molecule has 0 aliphatic rings. The van der Waals surface area contributed by atoms with E-state index in [1.165, 1.54) is 29.3 Å². The van der Waals surface area contributed by atoms with Crippen molar-refractivity contribution in [3.05, 3.63) is 117 Å². The monoisotopic (exact) mass is 480 g/mol. The molecule has 0 saturated heterocycles. The fourth-order valence-corrected chi connectivity index (χ4v) is 3.74. The molecule has 0 radical (unpaired) electrons. The van der Waals surface area contributed by atoms with Gasteiger partial charge in [0.1, 0.15) is 11.6 Å². The van der Waals surface area contributed by atoms with E-state index in [0.29, 0.717) is 5.76 Å². The number of Topliss-reactive ketones (excluding diaryl/α,β-unsaturated/α-hetero) is 1. The minimum atomic E-state index is -1.18. The van der Waals surface area contributed by atoms with Crippen LogP contribution in [0, 0.1) is 17.5 Å². The lowest BCUT2D eigenvalue weighted by molar-refractivity contribution is 0.0972. The first kappa shape index (κ1) is 22.1. The van der Waals surface area contributed by atoms with E-state index < -0.39 is 41.0 Å². The van der Waals surface area contributed by atoms with Gasteiger partial charge in [-0.1, -0.05) is 0 Å². The minimum absolute atomic E-state index is 0.0552. The number of rotatable bonds is 6. The first-order valence-corrected chi connectivity index (χ1v) is 10.3. The molecule has 8 nitrogen and oxygen atoms in total. The summed E-state index contributed by atoms with van der Waals surface area (Å²) in [4.78, 5) is 43.6. The Labute approximate surface area is 194 Å². The van der Waals surface area contributed by atoms with Gasteiger partial charge in [0.05, 0.1) is 31.4 Å². The highest BCUT2D eigenvalue weighted by atomic mass is 19.2. The third kappa shape index (κ3) is 3.97. The second-order valence-corrected chi connectivity index (χ2v) is 7.66. The van der Waals surface area contributed by atoms with Gasteiger partial charge < -0.3 is 8.98 Å². The van der Waals surface area contributed by atoms with E-state index >= 15 is 0 Å². The normalized spacial score (nSPS) is 11.3. The van der Waals surface area contributed by atoms with E-state index in [2.05, 4.69) is 4.98 Å². The van der Waals surface area contributed by atoms with Gasteiger partial charge in [-0.05, 0) is 54.6 Å². The van der Waals surface area contributed by atoms with Crippen molar-refractivity contribution in [1.82, 2.24) is 18.7 Å². The van der Waals surface area contributed by atoms with Crippen LogP contribution in [0.3, 0.4) is 0 Å². The Balaban J connectivity index is 1.69. The van der Waals surface area contributed by atoms with Gasteiger partial charge >= 0.3 is 5.69 Å². The molecule has 5 rings (SSSR count). The number of ketones is 1. The maximum absolute atomic E-state index is 13.6. The summed E-state index contributed by atoms with van der Waals surface area (Å²) in [6.07, 6.45) is 2.59. The molecule has 0 saturated carbocycles. The highest BCUT2D eigenvalue weighted by molar-refractivity contribution is 5.96. The Bertz CT molecular complexity index is 1680. The zero-order chi connectivity index (χ0) is 24.7. The molecule has 0 fully saturated rings. The predicted molar refractivity (Wildman–Crippen MR) is 118 cm³/mol. The number of fused-ring (bicyclic) bond motifs is 1. The van der Waals surface area contributed by atoms with E-state index in [4.69, 9.17) is 4.42 Å². The number of aromatic nitrogens is 4. The minimum Gasteiger partial charge on any atom is -0.467 e. The van der Waals surface area contributed by atoms with Crippen LogP contribution in [0.2, 0.25) is 0 Å². The lowest BCUT2D eigenvalue weighted by Crippen LogP contribution is -2.40. The van der Waals surface area contributed by atoms with Gasteiger partial charge in [0, 0.05) is 5.56 Å². The zero-order valence-electron chi connectivity index (χ0n) is 17.8. The Hall–Kier alpha value is -4.67. The van der Waals surface area contributed by atoms with Crippen molar-refractivity contribution in [1.29, 1.82) is 0 Å². The average Bonchev–Trinajstić information content (AvgIpc) is 3.50. The number of hydrogen-bond acceptors (Lipinski definition) is 5. The molecule has 3 aromatic heterocycles. The molecule has 0 amide bonds. The number of carbonyl (C=O) groups excluding carboxylic acids is 1. The van der Waals surface area contributed by atoms with Gasteiger partial charge in [0.2, 0.25) is 0 Å². The largest absolute Gasteiger partial charge is 0.467 e. The van der Waals surface area contributed by atoms with Crippen molar-refractivity contribution in [3.63, 3.8) is 0 Å². The number of hydrogen-bond donors (Lipinski definition) is 0. The third-order valence-corrected chi connectivity index (χ3v) is 5.43. The lowest BCUT2D eigenvalue weighted by Gasteiger charge is -2.12. The van der Waals surface area contributed by atoms with Gasteiger partial charge in [0.25, 0.3) is 5.56 Å². The SMILES string of the molecule is O=C(Cn1cnc2c1c(=O)n(Cc1ccco1)c(=O)n2-c1ccc(F)cc1)c1ccc(F)c(F)c1. The summed E-state index contributed by atoms with van der Waals surface area (Å²) in [7, 11) is 0. The molecular formula is C24H15F3N4O4. The summed E-state index contributed by atoms with van der Waals surface area (Å²) in [5.74, 6) is -3.08. The van der Waals surface area contributed by atoms with E-state index in [-0.39, 0.29) is 29.0 Å². The van der Waals surface area contributed by atoms with E-state index in [1.807, 2.05) is 0 Å². The molecule has 5 aromatic rings. The molecule has 35 heavy (non-hydrogen) atoms. The van der Waals surface area contributed by atoms with Gasteiger partial charge in [-0.3, -0.25) is 14.2 Å². The number of halogens is 3. The fourth-order valence-electron chi connectivity index (χ4n) is 3.74. The molecule has 0 N–H and O–H groups in total. The first-order chi connectivity index (χ1) is 16.8. The molecule has 0 atom stereocenters. The summed E-state index contributed by atoms with van der Waals surface area (Å²) in [6, 6.07) is 10.9. The number of imidazole rings is 1. The number of furan rings is 1. The Morgan fingerprint density at radius 2 is 1.74 bits per heavy atom. The molecule has 176 valence electrons. The molecule has 0 aliphatic heterocycles. The standard InChI is InChI=1S/C24H15F3N4O4/c25-15-4-6-16(7-5-15)31-22-21(23(33)30(24(31)34)11-17-2-1-9-35-17)29(13-28-22)12-20(32)14-3-8-18(26)19(27)10-14/h1-10,13H,11-12H2. The highest BCUT2D eigenvalue weighted by Crippen LogP contribution is 2.16. The third-order valence-electron chi connectivity index (χ3n) is 5.43. The van der Waals surface area contributed by atoms with Gasteiger partial charge in [-0.2, -0.15) is 0 Å². The van der Waals surface area contributed by atoms with Crippen molar-refractivity contribution >= 4 is 16.9 Å². The molecule has 11 heteroatoms. The van der Waals surface area contributed by atoms with Crippen molar-refractivity contribution in [2.45, 2.75) is 13.1 Å². The van der Waals surface area contributed by atoms with Crippen molar-refractivity contribution in [2.24, 2.45) is 0 Å². The summed E-state index contributed by atoms with van der Waals surface area (Å²) >= 11 is 0. The van der Waals surface area contributed by atoms with Crippen molar-refractivity contribution in [2.75, 3.05) is 0 Å².